The van der Waals surface area contributed by atoms with Gasteiger partial charge in [-0.25, -0.2) is 9.97 Å². The maximum Gasteiger partial charge on any atom is 0.260 e. The number of aryl methyl sites for hydroxylation is 1. The van der Waals surface area contributed by atoms with Crippen molar-refractivity contribution in [3.63, 3.8) is 0 Å². The molecule has 9 heteroatoms. The molecule has 3 aromatic heterocycles. The zero-order valence-electron chi connectivity index (χ0n) is 22.2. The molecule has 0 saturated carbocycles. The summed E-state index contributed by atoms with van der Waals surface area (Å²) in [7, 11) is 0. The monoisotopic (exact) mass is 535 g/mol. The van der Waals surface area contributed by atoms with E-state index >= 15 is 0 Å². The number of benzene rings is 2. The molecule has 5 aromatic rings. The first-order valence-electron chi connectivity index (χ1n) is 13.5. The van der Waals surface area contributed by atoms with Crippen molar-refractivity contribution in [2.45, 2.75) is 32.2 Å². The van der Waals surface area contributed by atoms with Gasteiger partial charge in [-0.15, -0.1) is 0 Å². The Morgan fingerprint density at radius 1 is 1.02 bits per heavy atom. The van der Waals surface area contributed by atoms with Gasteiger partial charge in [0.2, 0.25) is 11.9 Å². The van der Waals surface area contributed by atoms with Crippen molar-refractivity contribution >= 4 is 28.4 Å². The summed E-state index contributed by atoms with van der Waals surface area (Å²) in [5, 5.41) is 7.39. The first kappa shape index (κ1) is 25.6. The van der Waals surface area contributed by atoms with E-state index in [4.69, 9.17) is 5.73 Å². The van der Waals surface area contributed by atoms with Gasteiger partial charge in [-0.1, -0.05) is 24.3 Å². The summed E-state index contributed by atoms with van der Waals surface area (Å²) in [6.45, 7) is 4.43. The van der Waals surface area contributed by atoms with E-state index in [0.717, 1.165) is 31.6 Å². The molecule has 0 amide bonds. The molecule has 0 bridgehead atoms. The van der Waals surface area contributed by atoms with Gasteiger partial charge in [0.1, 0.15) is 5.65 Å². The summed E-state index contributed by atoms with van der Waals surface area (Å²) in [6.07, 6.45) is 5.40. The van der Waals surface area contributed by atoms with Crippen molar-refractivity contribution in [1.29, 1.82) is 0 Å². The Morgan fingerprint density at radius 3 is 2.55 bits per heavy atom. The molecular formula is C31H30FN7O. The zero-order chi connectivity index (χ0) is 27.6. The highest BCUT2D eigenvalue weighted by atomic mass is 19.1. The molecule has 202 valence electrons. The number of halogens is 1. The SMILES string of the molecule is CCn1c(=O)c(-c2ccc(-c3cccnc3F)cc2N)cc2cnc(Nc3ccc(C4CCNCC4)cc3)nc21. The Bertz CT molecular complexity index is 1740. The number of anilines is 3. The molecule has 1 aliphatic heterocycles. The van der Waals surface area contributed by atoms with Crippen molar-refractivity contribution in [3.05, 3.63) is 94.9 Å². The van der Waals surface area contributed by atoms with Gasteiger partial charge < -0.3 is 16.4 Å². The van der Waals surface area contributed by atoms with Crippen LogP contribution < -0.4 is 21.9 Å². The topological polar surface area (TPSA) is 111 Å². The molecule has 4 heterocycles. The van der Waals surface area contributed by atoms with Gasteiger partial charge in [0.25, 0.3) is 5.56 Å². The standard InChI is InChI=1S/C31H30FN7O/c1-2-39-29-22(18-36-31(38-29)37-23-8-5-19(6-9-23)20-11-14-34-15-12-20)16-26(30(39)40)25-10-7-21(17-27(25)33)24-4-3-13-35-28(24)32/h3-10,13,16-18,20,34H,2,11-12,14-15,33H2,1H3,(H,36,37,38). The predicted octanol–water partition coefficient (Wildman–Crippen LogP) is 5.47. The van der Waals surface area contributed by atoms with E-state index in [0.29, 0.717) is 57.4 Å². The number of piperidine rings is 1. The molecule has 40 heavy (non-hydrogen) atoms. The number of nitrogens with zero attached hydrogens (tertiary/aromatic N) is 4. The van der Waals surface area contributed by atoms with Crippen molar-refractivity contribution in [2.75, 3.05) is 24.1 Å². The first-order valence-corrected chi connectivity index (χ1v) is 13.5. The average molecular weight is 536 g/mol. The van der Waals surface area contributed by atoms with Crippen molar-refractivity contribution in [1.82, 2.24) is 24.8 Å². The van der Waals surface area contributed by atoms with Gasteiger partial charge in [-0.05, 0) is 86.3 Å². The molecule has 6 rings (SSSR count). The lowest BCUT2D eigenvalue weighted by Gasteiger charge is -2.23. The van der Waals surface area contributed by atoms with Gasteiger partial charge in [0.05, 0.1) is 5.56 Å². The summed E-state index contributed by atoms with van der Waals surface area (Å²) in [5.74, 6) is 0.425. The number of aromatic nitrogens is 4. The Kier molecular flexibility index (Phi) is 6.96. The van der Waals surface area contributed by atoms with Crippen LogP contribution in [0.1, 0.15) is 31.2 Å². The molecule has 0 spiro atoms. The van der Waals surface area contributed by atoms with E-state index in [1.165, 1.54) is 11.8 Å². The van der Waals surface area contributed by atoms with E-state index in [1.54, 1.807) is 47.2 Å². The van der Waals surface area contributed by atoms with Crippen molar-refractivity contribution < 1.29 is 4.39 Å². The minimum atomic E-state index is -0.576. The molecule has 0 unspecified atom stereocenters. The maximum atomic E-state index is 14.2. The number of nitrogens with one attached hydrogen (secondary N) is 2. The number of nitrogens with two attached hydrogens (primary N) is 1. The molecule has 1 aliphatic rings. The number of hydrogen-bond donors (Lipinski definition) is 3. The number of fused-ring (bicyclic) bond motifs is 1. The number of nitrogen functional groups attached to an aromatic ring is 1. The van der Waals surface area contributed by atoms with Crippen LogP contribution in [0.15, 0.2) is 77.9 Å². The Hall–Kier alpha value is -4.63. The highest BCUT2D eigenvalue weighted by Crippen LogP contribution is 2.31. The lowest BCUT2D eigenvalue weighted by Crippen LogP contribution is -2.26. The van der Waals surface area contributed by atoms with Crippen LogP contribution in [0, 0.1) is 5.95 Å². The van der Waals surface area contributed by atoms with E-state index in [2.05, 4.69) is 37.7 Å². The molecule has 0 aliphatic carbocycles. The second-order valence-corrected chi connectivity index (χ2v) is 10.00. The highest BCUT2D eigenvalue weighted by molar-refractivity contribution is 5.87. The molecule has 4 N–H and O–H groups in total. The fraction of sp³-hybridized carbons (Fsp3) is 0.226. The quantitative estimate of drug-likeness (QED) is 0.195. The van der Waals surface area contributed by atoms with Gasteiger partial charge in [0, 0.05) is 46.8 Å². The third-order valence-electron chi connectivity index (χ3n) is 7.53. The largest absolute Gasteiger partial charge is 0.398 e. The normalized spacial score (nSPS) is 13.9. The average Bonchev–Trinajstić information content (AvgIpc) is 2.98. The van der Waals surface area contributed by atoms with E-state index in [9.17, 15) is 9.18 Å². The van der Waals surface area contributed by atoms with Crippen LogP contribution >= 0.6 is 0 Å². The summed E-state index contributed by atoms with van der Waals surface area (Å²) in [6, 6.07) is 18.6. The van der Waals surface area contributed by atoms with Gasteiger partial charge in [0.15, 0.2) is 0 Å². The van der Waals surface area contributed by atoms with Crippen LogP contribution in [-0.4, -0.2) is 32.6 Å². The van der Waals surface area contributed by atoms with Gasteiger partial charge in [-0.3, -0.25) is 9.36 Å². The van der Waals surface area contributed by atoms with Gasteiger partial charge in [-0.2, -0.15) is 9.37 Å². The van der Waals surface area contributed by atoms with Crippen molar-refractivity contribution in [3.8, 4) is 22.3 Å². The molecule has 2 aromatic carbocycles. The minimum absolute atomic E-state index is 0.210. The third kappa shape index (κ3) is 4.91. The molecule has 0 atom stereocenters. The summed E-state index contributed by atoms with van der Waals surface area (Å²) >= 11 is 0. The van der Waals surface area contributed by atoms with E-state index < -0.39 is 5.95 Å². The first-order chi connectivity index (χ1) is 19.5. The zero-order valence-corrected chi connectivity index (χ0v) is 22.2. The highest BCUT2D eigenvalue weighted by Gasteiger charge is 2.17. The molecular weight excluding hydrogens is 505 g/mol. The smallest absolute Gasteiger partial charge is 0.260 e. The van der Waals surface area contributed by atoms with Crippen LogP contribution in [0.25, 0.3) is 33.3 Å². The fourth-order valence-corrected chi connectivity index (χ4v) is 5.41. The molecule has 8 nitrogen and oxygen atoms in total. The van der Waals surface area contributed by atoms with Crippen LogP contribution in [0.4, 0.5) is 21.7 Å². The maximum absolute atomic E-state index is 14.2. The summed E-state index contributed by atoms with van der Waals surface area (Å²) in [5.41, 5.74) is 11.2. The Balaban J connectivity index is 1.31. The molecule has 1 saturated heterocycles. The van der Waals surface area contributed by atoms with Crippen LogP contribution in [-0.2, 0) is 6.54 Å². The third-order valence-corrected chi connectivity index (χ3v) is 7.53. The Labute approximate surface area is 231 Å². The molecule has 1 fully saturated rings. The fourth-order valence-electron chi connectivity index (χ4n) is 5.41. The second kappa shape index (κ2) is 10.9. The van der Waals surface area contributed by atoms with E-state index in [-0.39, 0.29) is 5.56 Å². The predicted molar refractivity (Wildman–Crippen MR) is 157 cm³/mol. The second-order valence-electron chi connectivity index (χ2n) is 10.00. The summed E-state index contributed by atoms with van der Waals surface area (Å²) in [4.78, 5) is 26.5. The minimum Gasteiger partial charge on any atom is -0.398 e. The van der Waals surface area contributed by atoms with Crippen LogP contribution in [0.5, 0.6) is 0 Å². The van der Waals surface area contributed by atoms with Crippen LogP contribution in [0.2, 0.25) is 0 Å². The number of hydrogen-bond acceptors (Lipinski definition) is 7. The lowest BCUT2D eigenvalue weighted by atomic mass is 9.90. The van der Waals surface area contributed by atoms with Crippen LogP contribution in [0.3, 0.4) is 0 Å². The summed E-state index contributed by atoms with van der Waals surface area (Å²) < 4.78 is 15.8. The Morgan fingerprint density at radius 2 is 1.82 bits per heavy atom. The molecule has 0 radical (unpaired) electrons. The van der Waals surface area contributed by atoms with Crippen molar-refractivity contribution in [2.24, 2.45) is 0 Å². The van der Waals surface area contributed by atoms with Gasteiger partial charge >= 0.3 is 0 Å². The number of rotatable bonds is 6. The lowest BCUT2D eigenvalue weighted by molar-refractivity contribution is 0.460. The van der Waals surface area contributed by atoms with E-state index in [1.807, 2.05) is 19.1 Å². The number of pyridine rings is 2.